The summed E-state index contributed by atoms with van der Waals surface area (Å²) in [6.45, 7) is 2.81. The van der Waals surface area contributed by atoms with Gasteiger partial charge in [0.25, 0.3) is 11.8 Å². The molecule has 0 spiro atoms. The second-order valence-electron chi connectivity index (χ2n) is 8.93. The molecule has 0 atom stereocenters. The van der Waals surface area contributed by atoms with Gasteiger partial charge in [-0.1, -0.05) is 89.1 Å². The molecule has 2 amide bonds. The van der Waals surface area contributed by atoms with Crippen LogP contribution < -0.4 is 20.1 Å². The van der Waals surface area contributed by atoms with E-state index in [0.717, 1.165) is 21.8 Å². The number of methoxy groups -OCH3 is 1. The van der Waals surface area contributed by atoms with Crippen LogP contribution >= 0.6 is 31.9 Å². The fourth-order valence-electron chi connectivity index (χ4n) is 3.94. The lowest BCUT2D eigenvalue weighted by Crippen LogP contribution is -2.41. The largest absolute Gasteiger partial charge is 0.493 e. The molecule has 0 saturated carbocycles. The molecule has 3 aromatic carbocycles. The molecular weight excluding hydrogens is 612 g/mol. The zero-order valence-electron chi connectivity index (χ0n) is 21.8. The highest BCUT2D eigenvalue weighted by molar-refractivity contribution is 9.10. The molecule has 0 aliphatic rings. The van der Waals surface area contributed by atoms with Gasteiger partial charge in [0.2, 0.25) is 0 Å². The highest BCUT2D eigenvalue weighted by Gasteiger charge is 2.21. The Morgan fingerprint density at radius 3 is 1.89 bits per heavy atom. The Balaban J connectivity index is 1.77. The van der Waals surface area contributed by atoms with E-state index in [9.17, 15) is 9.59 Å². The molecule has 2 N–H and O–H groups in total. The number of unbranched alkanes of at least 4 members (excludes halogenated alkanes) is 5. The Kier molecular flexibility index (Phi) is 12.2. The highest BCUT2D eigenvalue weighted by atomic mass is 79.9. The van der Waals surface area contributed by atoms with Crippen LogP contribution in [0.1, 0.15) is 77.9 Å². The molecule has 3 aromatic rings. The summed E-state index contributed by atoms with van der Waals surface area (Å²) in [5, 5.41) is 5.88. The summed E-state index contributed by atoms with van der Waals surface area (Å²) in [6.07, 6.45) is 6.27. The SMILES string of the molecule is CCCCCCCCOc1ccc(C(NC(=O)c2cccc(Br)c2)NC(=O)c2cccc(Br)c2)cc1OC. The van der Waals surface area contributed by atoms with Crippen molar-refractivity contribution in [2.75, 3.05) is 13.7 Å². The summed E-state index contributed by atoms with van der Waals surface area (Å²) in [4.78, 5) is 26.2. The number of ether oxygens (including phenoxy) is 2. The summed E-state index contributed by atoms with van der Waals surface area (Å²) >= 11 is 6.81. The zero-order chi connectivity index (χ0) is 27.3. The first-order valence-electron chi connectivity index (χ1n) is 12.8. The molecule has 8 heteroatoms. The van der Waals surface area contributed by atoms with Gasteiger partial charge in [0, 0.05) is 20.1 Å². The van der Waals surface area contributed by atoms with Crippen molar-refractivity contribution < 1.29 is 19.1 Å². The van der Waals surface area contributed by atoms with E-state index < -0.39 is 6.17 Å². The summed E-state index contributed by atoms with van der Waals surface area (Å²) in [5.41, 5.74) is 1.58. The molecule has 0 bridgehead atoms. The summed E-state index contributed by atoms with van der Waals surface area (Å²) in [6, 6.07) is 19.6. The van der Waals surface area contributed by atoms with Crippen LogP contribution in [0.25, 0.3) is 0 Å². The molecule has 0 saturated heterocycles. The van der Waals surface area contributed by atoms with Gasteiger partial charge in [-0.3, -0.25) is 9.59 Å². The average Bonchev–Trinajstić information content (AvgIpc) is 2.92. The average molecular weight is 646 g/mol. The fraction of sp³-hybridized carbons (Fsp3) is 0.333. The van der Waals surface area contributed by atoms with Crippen LogP contribution in [-0.2, 0) is 0 Å². The molecule has 0 aliphatic heterocycles. The molecule has 0 heterocycles. The molecule has 0 radical (unpaired) electrons. The number of hydrogen-bond acceptors (Lipinski definition) is 4. The van der Waals surface area contributed by atoms with E-state index in [0.29, 0.717) is 34.8 Å². The Bertz CT molecular complexity index is 1160. The summed E-state index contributed by atoms with van der Waals surface area (Å²) < 4.78 is 13.2. The quantitative estimate of drug-likeness (QED) is 0.138. The van der Waals surface area contributed by atoms with E-state index in [4.69, 9.17) is 9.47 Å². The number of halogens is 2. The Labute approximate surface area is 241 Å². The van der Waals surface area contributed by atoms with Gasteiger partial charge in [-0.05, 0) is 60.5 Å². The van der Waals surface area contributed by atoms with Gasteiger partial charge in [-0.25, -0.2) is 0 Å². The number of nitrogens with one attached hydrogen (secondary N) is 2. The molecule has 6 nitrogen and oxygen atoms in total. The van der Waals surface area contributed by atoms with E-state index in [2.05, 4.69) is 49.4 Å². The second kappa shape index (κ2) is 15.5. The lowest BCUT2D eigenvalue weighted by molar-refractivity contribution is 0.0883. The van der Waals surface area contributed by atoms with Crippen molar-refractivity contribution in [2.45, 2.75) is 51.6 Å². The van der Waals surface area contributed by atoms with Crippen molar-refractivity contribution in [2.24, 2.45) is 0 Å². The predicted octanol–water partition coefficient (Wildman–Crippen LogP) is 7.82. The van der Waals surface area contributed by atoms with Gasteiger partial charge < -0.3 is 20.1 Å². The smallest absolute Gasteiger partial charge is 0.253 e. The summed E-state index contributed by atoms with van der Waals surface area (Å²) in [7, 11) is 1.58. The first-order chi connectivity index (χ1) is 18.4. The third-order valence-electron chi connectivity index (χ3n) is 6.00. The van der Waals surface area contributed by atoms with Gasteiger partial charge in [-0.15, -0.1) is 0 Å². The number of benzene rings is 3. The molecule has 202 valence electrons. The minimum absolute atomic E-state index is 0.326. The minimum atomic E-state index is -0.811. The van der Waals surface area contributed by atoms with E-state index in [1.807, 2.05) is 24.3 Å². The van der Waals surface area contributed by atoms with Gasteiger partial charge in [0.1, 0.15) is 6.17 Å². The molecule has 38 heavy (non-hydrogen) atoms. The molecule has 0 aromatic heterocycles. The third-order valence-corrected chi connectivity index (χ3v) is 6.99. The van der Waals surface area contributed by atoms with Crippen molar-refractivity contribution in [1.29, 1.82) is 0 Å². The highest BCUT2D eigenvalue weighted by Crippen LogP contribution is 2.30. The van der Waals surface area contributed by atoms with Crippen molar-refractivity contribution in [1.82, 2.24) is 10.6 Å². The van der Waals surface area contributed by atoms with Crippen LogP contribution in [0.15, 0.2) is 75.7 Å². The maximum Gasteiger partial charge on any atom is 0.253 e. The monoisotopic (exact) mass is 644 g/mol. The molecule has 0 fully saturated rings. The van der Waals surface area contributed by atoms with E-state index in [1.165, 1.54) is 25.7 Å². The van der Waals surface area contributed by atoms with Gasteiger partial charge in [-0.2, -0.15) is 0 Å². The van der Waals surface area contributed by atoms with E-state index in [1.54, 1.807) is 49.6 Å². The maximum atomic E-state index is 13.1. The van der Waals surface area contributed by atoms with Crippen molar-refractivity contribution in [3.8, 4) is 11.5 Å². The number of hydrogen-bond donors (Lipinski definition) is 2. The summed E-state index contributed by atoms with van der Waals surface area (Å²) in [5.74, 6) is 0.508. The number of amides is 2. The number of rotatable bonds is 14. The lowest BCUT2D eigenvalue weighted by Gasteiger charge is -2.22. The van der Waals surface area contributed by atoms with Gasteiger partial charge in [0.05, 0.1) is 13.7 Å². The maximum absolute atomic E-state index is 13.1. The minimum Gasteiger partial charge on any atom is -0.493 e. The van der Waals surface area contributed by atoms with Gasteiger partial charge in [0.15, 0.2) is 11.5 Å². The van der Waals surface area contributed by atoms with Crippen molar-refractivity contribution in [3.05, 3.63) is 92.4 Å². The number of carbonyl (C=O) groups is 2. The Morgan fingerprint density at radius 1 is 0.763 bits per heavy atom. The van der Waals surface area contributed by atoms with Crippen molar-refractivity contribution in [3.63, 3.8) is 0 Å². The van der Waals surface area contributed by atoms with Crippen molar-refractivity contribution >= 4 is 43.7 Å². The molecule has 0 aliphatic carbocycles. The first-order valence-corrected chi connectivity index (χ1v) is 14.4. The van der Waals surface area contributed by atoms with E-state index >= 15 is 0 Å². The fourth-order valence-corrected chi connectivity index (χ4v) is 4.74. The van der Waals surface area contributed by atoms with Crippen LogP contribution in [0.5, 0.6) is 11.5 Å². The zero-order valence-corrected chi connectivity index (χ0v) is 24.9. The predicted molar refractivity (Wildman–Crippen MR) is 158 cm³/mol. The topological polar surface area (TPSA) is 76.7 Å². The molecular formula is C30H34Br2N2O4. The van der Waals surface area contributed by atoms with Crippen LogP contribution in [0.3, 0.4) is 0 Å². The van der Waals surface area contributed by atoms with Crippen LogP contribution in [0, 0.1) is 0 Å². The second-order valence-corrected chi connectivity index (χ2v) is 10.8. The van der Waals surface area contributed by atoms with Crippen LogP contribution in [0.4, 0.5) is 0 Å². The normalized spacial score (nSPS) is 10.8. The first kappa shape index (κ1) is 29.7. The number of carbonyl (C=O) groups excluding carboxylic acids is 2. The Morgan fingerprint density at radius 2 is 1.34 bits per heavy atom. The van der Waals surface area contributed by atoms with E-state index in [-0.39, 0.29) is 11.8 Å². The third kappa shape index (κ3) is 9.17. The molecule has 0 unspecified atom stereocenters. The van der Waals surface area contributed by atoms with Gasteiger partial charge >= 0.3 is 0 Å². The van der Waals surface area contributed by atoms with Crippen LogP contribution in [0.2, 0.25) is 0 Å². The lowest BCUT2D eigenvalue weighted by atomic mass is 10.1. The Hall–Kier alpha value is -2.84. The van der Waals surface area contributed by atoms with Crippen LogP contribution in [-0.4, -0.2) is 25.5 Å². The molecule has 3 rings (SSSR count). The standard InChI is InChI=1S/C30H34Br2N2O4/c1-3-4-5-6-7-8-17-38-26-16-15-21(20-27(26)37-2)28(33-29(35)22-11-9-13-24(31)18-22)34-30(36)23-12-10-14-25(32)19-23/h9-16,18-20,28H,3-8,17H2,1-2H3,(H,33,35)(H,34,36).